The van der Waals surface area contributed by atoms with Crippen molar-refractivity contribution in [2.45, 2.75) is 0 Å². The molecule has 16 heteroatoms. The van der Waals surface area contributed by atoms with Gasteiger partial charge in [-0.1, -0.05) is 279 Å². The molecule has 0 radical (unpaired) electrons. The minimum Gasteiger partial charge on any atom is -0.310 e. The largest absolute Gasteiger partial charge is 0.310 e. The van der Waals surface area contributed by atoms with Crippen molar-refractivity contribution in [3.05, 3.63) is 485 Å². The van der Waals surface area contributed by atoms with E-state index in [2.05, 4.69) is 384 Å². The van der Waals surface area contributed by atoms with Crippen LogP contribution in [0.15, 0.2) is 485 Å². The summed E-state index contributed by atoms with van der Waals surface area (Å²) in [6, 6.07) is 170. The first-order chi connectivity index (χ1) is 66.3. The second-order valence-corrected chi connectivity index (χ2v) is 33.2. The smallest absolute Gasteiger partial charge is 0.115 e. The van der Waals surface area contributed by atoms with E-state index in [0.29, 0.717) is 0 Å². The van der Waals surface area contributed by atoms with Crippen LogP contribution in [0.25, 0.3) is 143 Å². The number of nitrogens with zero attached hydrogens (tertiary/aromatic N) is 16. The third-order valence-corrected chi connectivity index (χ3v) is 24.8. The van der Waals surface area contributed by atoms with Crippen molar-refractivity contribution < 1.29 is 0 Å². The van der Waals surface area contributed by atoms with Crippen molar-refractivity contribution in [2.24, 2.45) is 0 Å². The van der Waals surface area contributed by atoms with Crippen molar-refractivity contribution >= 4 is 155 Å². The lowest BCUT2D eigenvalue weighted by molar-refractivity contribution is 0.765. The summed E-state index contributed by atoms with van der Waals surface area (Å²) in [5.41, 5.74) is 29.5. The van der Waals surface area contributed by atoms with E-state index < -0.39 is 0 Å². The Hall–Kier alpha value is -18.5. The number of fused-ring (bicyclic) bond motifs is 8. The highest BCUT2D eigenvalue weighted by Gasteiger charge is 2.24. The molecule has 16 nitrogen and oxygen atoms in total. The fraction of sp³-hybridized carbons (Fsp3) is 0. The molecule has 0 aliphatic carbocycles. The topological polar surface area (TPSA) is 136 Å². The van der Waals surface area contributed by atoms with Crippen LogP contribution in [0.4, 0.5) is 68.2 Å². The number of para-hydroxylation sites is 4. The molecule has 0 bridgehead atoms. The van der Waals surface area contributed by atoms with E-state index in [4.69, 9.17) is 40.8 Å². The van der Waals surface area contributed by atoms with Gasteiger partial charge in [-0.15, -0.1) is 40.8 Å². The molecule has 0 fully saturated rings. The van der Waals surface area contributed by atoms with E-state index in [1.165, 1.54) is 32.3 Å². The second kappa shape index (κ2) is 34.2. The number of anilines is 12. The maximum Gasteiger partial charge on any atom is 0.115 e. The summed E-state index contributed by atoms with van der Waals surface area (Å²) < 4.78 is 0. The Balaban J connectivity index is 0.000000148. The number of hydrogen-bond donors (Lipinski definition) is 0. The molecule has 0 aliphatic rings. The van der Waals surface area contributed by atoms with Gasteiger partial charge in [-0.3, -0.25) is 0 Å². The Morgan fingerprint density at radius 2 is 0.343 bits per heavy atom. The molecule has 134 heavy (non-hydrogen) atoms. The van der Waals surface area contributed by atoms with Crippen LogP contribution in [-0.4, -0.2) is 60.0 Å². The van der Waals surface area contributed by atoms with E-state index in [0.717, 1.165) is 179 Å². The Bertz CT molecular complexity index is 8110. The molecular weight excluding hydrogens is 1640 g/mol. The number of hydrogen-bond acceptors (Lipinski definition) is 12. The van der Waals surface area contributed by atoms with Gasteiger partial charge in [0.25, 0.3) is 0 Å². The molecule has 0 saturated carbocycles. The molecule has 0 saturated heterocycles. The van der Waals surface area contributed by atoms with E-state index in [1.807, 2.05) is 121 Å². The highest BCUT2D eigenvalue weighted by atomic mass is 15.5. The van der Waals surface area contributed by atoms with Crippen LogP contribution in [0.3, 0.4) is 0 Å². The van der Waals surface area contributed by atoms with Gasteiger partial charge in [-0.25, -0.2) is 0 Å². The predicted octanol–water partition coefficient (Wildman–Crippen LogP) is 29.8. The Labute approximate surface area is 771 Å². The zero-order valence-electron chi connectivity index (χ0n) is 72.3. The molecule has 0 spiro atoms. The second-order valence-electron chi connectivity index (χ2n) is 33.2. The molecule has 21 aromatic carbocycles. The van der Waals surface area contributed by atoms with Crippen LogP contribution in [0, 0.1) is 0 Å². The van der Waals surface area contributed by atoms with Gasteiger partial charge in [-0.05, 0) is 272 Å². The lowest BCUT2D eigenvalue weighted by Crippen LogP contribution is -2.10. The minimum absolute atomic E-state index is 0.819. The summed E-state index contributed by atoms with van der Waals surface area (Å²) in [5, 5.41) is 48.1. The Morgan fingerprint density at radius 3 is 0.642 bits per heavy atom. The van der Waals surface area contributed by atoms with Crippen molar-refractivity contribution in [1.29, 1.82) is 0 Å². The standard InChI is InChI=1S/C62H42N8.C56H38N8/c1-3-17-51(18-4-1)69-63-57-39-37-53(41-59(57)65-69)67(61-23-11-15-47-13-7-9-21-55(47)61)49-33-29-45(30-34-49)43-25-27-44(28-26-43)46-31-35-50(36-32-46)68(62-24-12-16-48-14-8-10-22-56(48)62)54-38-40-58-60(42-54)66-70(64-58)52-19-5-2-6-20-52;1-3-15-47(16-4-1)63-57-53-33-31-51(37-55(53)59-63)61(49-29-23-39-11-7-9-13-43(39)35-49)45-25-19-41(20-26-45)42-21-27-46(28-22-42)62(50-30-24-40-12-8-10-14-44(40)36-50)52-32-34-54-56(38-52)60-64(58-54)48-17-5-2-6-18-48/h1-42H;1-38H. The van der Waals surface area contributed by atoms with Crippen molar-refractivity contribution in [3.8, 4) is 56.1 Å². The van der Waals surface area contributed by atoms with Crippen LogP contribution >= 0.6 is 0 Å². The maximum atomic E-state index is 4.90. The zero-order valence-corrected chi connectivity index (χ0v) is 72.3. The summed E-state index contributed by atoms with van der Waals surface area (Å²) in [4.78, 5) is 16.0. The molecule has 0 atom stereocenters. The fourth-order valence-electron chi connectivity index (χ4n) is 18.1. The number of benzene rings is 21. The van der Waals surface area contributed by atoms with E-state index in [1.54, 1.807) is 19.2 Å². The van der Waals surface area contributed by atoms with Gasteiger partial charge < -0.3 is 19.6 Å². The monoisotopic (exact) mass is 1720 g/mol. The number of rotatable bonds is 19. The molecule has 4 heterocycles. The van der Waals surface area contributed by atoms with Crippen LogP contribution < -0.4 is 19.6 Å². The molecule has 0 aliphatic heterocycles. The molecule has 4 aromatic heterocycles. The molecule has 0 unspecified atom stereocenters. The molecular formula is C118H80N16. The van der Waals surface area contributed by atoms with Gasteiger partial charge in [0.1, 0.15) is 44.1 Å². The van der Waals surface area contributed by atoms with Gasteiger partial charge in [0.2, 0.25) is 0 Å². The fourth-order valence-corrected chi connectivity index (χ4v) is 18.1. The molecule has 0 N–H and O–H groups in total. The third kappa shape index (κ3) is 15.4. The minimum atomic E-state index is 0.819. The Morgan fingerprint density at radius 1 is 0.134 bits per heavy atom. The maximum absolute atomic E-state index is 4.90. The lowest BCUT2D eigenvalue weighted by atomic mass is 9.99. The SMILES string of the molecule is c1ccc(-n2nc3ccc(N(c4ccc(-c5ccc(-c6ccc(N(c7ccc8nn(-c9ccccc9)nc8c7)c7cccc8ccccc78)cc6)cc5)cc4)c4cccc5ccccc45)cc3n2)cc1.c1ccc(-n2nc3ccc(N(c4ccc(-c5ccc(N(c6ccc7ccccc7c6)c6ccc7nn(-c8ccccc8)nc7c6)cc5)cc4)c4ccc5ccccc5c4)cc3n2)cc1. The van der Waals surface area contributed by atoms with Gasteiger partial charge in [0.15, 0.2) is 0 Å². The summed E-state index contributed by atoms with van der Waals surface area (Å²) in [6.45, 7) is 0. The first-order valence-corrected chi connectivity index (χ1v) is 44.7. The van der Waals surface area contributed by atoms with Gasteiger partial charge in [-0.2, -0.15) is 19.2 Å². The highest BCUT2D eigenvalue weighted by molar-refractivity contribution is 6.03. The average Bonchev–Trinajstić information content (AvgIpc) is 1.51. The summed E-state index contributed by atoms with van der Waals surface area (Å²) in [6.07, 6.45) is 0. The van der Waals surface area contributed by atoms with E-state index >= 15 is 0 Å². The van der Waals surface area contributed by atoms with Crippen LogP contribution in [0.5, 0.6) is 0 Å². The van der Waals surface area contributed by atoms with Crippen molar-refractivity contribution in [2.75, 3.05) is 19.6 Å². The van der Waals surface area contributed by atoms with Gasteiger partial charge in [0.05, 0.1) is 34.1 Å². The van der Waals surface area contributed by atoms with Crippen LogP contribution in [0.2, 0.25) is 0 Å². The summed E-state index contributed by atoms with van der Waals surface area (Å²) in [5.74, 6) is 0. The summed E-state index contributed by atoms with van der Waals surface area (Å²) >= 11 is 0. The molecule has 0 amide bonds. The van der Waals surface area contributed by atoms with Crippen molar-refractivity contribution in [1.82, 2.24) is 60.0 Å². The highest BCUT2D eigenvalue weighted by Crippen LogP contribution is 2.46. The van der Waals surface area contributed by atoms with E-state index in [9.17, 15) is 0 Å². The van der Waals surface area contributed by atoms with Crippen molar-refractivity contribution in [3.63, 3.8) is 0 Å². The van der Waals surface area contributed by atoms with Gasteiger partial charge >= 0.3 is 0 Å². The van der Waals surface area contributed by atoms with Gasteiger partial charge in [0, 0.05) is 67.6 Å². The van der Waals surface area contributed by atoms with Crippen LogP contribution in [0.1, 0.15) is 0 Å². The Kier molecular flexibility index (Phi) is 20.2. The summed E-state index contributed by atoms with van der Waals surface area (Å²) in [7, 11) is 0. The van der Waals surface area contributed by atoms with Crippen LogP contribution in [-0.2, 0) is 0 Å². The first kappa shape index (κ1) is 78.9. The molecule has 25 aromatic rings. The quantitative estimate of drug-likeness (QED) is 0.0762. The molecule has 25 rings (SSSR count). The lowest BCUT2D eigenvalue weighted by Gasteiger charge is -2.27. The third-order valence-electron chi connectivity index (χ3n) is 24.8. The predicted molar refractivity (Wildman–Crippen MR) is 548 cm³/mol. The average molecular weight is 1720 g/mol. The first-order valence-electron chi connectivity index (χ1n) is 44.7. The zero-order chi connectivity index (χ0) is 88.8. The number of aromatic nitrogens is 12. The molecule has 632 valence electrons. The normalized spacial score (nSPS) is 11.4. The van der Waals surface area contributed by atoms with E-state index in [-0.39, 0.29) is 0 Å².